The lowest BCUT2D eigenvalue weighted by Crippen LogP contribution is -2.21. The Kier molecular flexibility index (Phi) is 9.21. The normalized spacial score (nSPS) is 10.3. The third-order valence-electron chi connectivity index (χ3n) is 4.94. The number of nitro benzene ring substituents is 1. The molecule has 3 rings (SSSR count). The molecule has 0 atom stereocenters. The smallest absolute Gasteiger partial charge is 0.338 e. The van der Waals surface area contributed by atoms with Crippen molar-refractivity contribution in [2.75, 3.05) is 31.7 Å². The number of carbonyl (C=O) groups is 2. The van der Waals surface area contributed by atoms with E-state index in [9.17, 15) is 19.7 Å². The first kappa shape index (κ1) is 26.0. The largest absolute Gasteiger partial charge is 0.490 e. The summed E-state index contributed by atoms with van der Waals surface area (Å²) in [6.07, 6.45) is 0. The average molecular weight is 495 g/mol. The standard InChI is InChI=1S/C26H26N2O8/c1-3-33-24-16-19(12-13-23(24)35-15-14-34-20-8-5-4-6-9-20)26(30)36-17-25(29)27-21-10-7-11-22(18(21)2)28(31)32/h4-13,16H,3,14-15,17H2,1-2H3,(H,27,29). The molecule has 0 aromatic heterocycles. The molecule has 10 heteroatoms. The monoisotopic (exact) mass is 494 g/mol. The third-order valence-corrected chi connectivity index (χ3v) is 4.94. The van der Waals surface area contributed by atoms with Crippen molar-refractivity contribution >= 4 is 23.3 Å². The van der Waals surface area contributed by atoms with E-state index in [1.807, 2.05) is 30.3 Å². The van der Waals surface area contributed by atoms with E-state index in [1.54, 1.807) is 13.0 Å². The molecular formula is C26H26N2O8. The first-order valence-corrected chi connectivity index (χ1v) is 11.2. The number of rotatable bonds is 12. The number of hydrogen-bond acceptors (Lipinski definition) is 8. The number of nitro groups is 1. The molecule has 0 aliphatic carbocycles. The Morgan fingerprint density at radius 1 is 0.917 bits per heavy atom. The Labute approximate surface area is 207 Å². The number of amides is 1. The van der Waals surface area contributed by atoms with Gasteiger partial charge in [0.2, 0.25) is 0 Å². The molecule has 10 nitrogen and oxygen atoms in total. The Bertz CT molecular complexity index is 1210. The van der Waals surface area contributed by atoms with Gasteiger partial charge in [0.05, 0.1) is 28.3 Å². The second kappa shape index (κ2) is 12.7. The molecule has 1 amide bonds. The lowest BCUT2D eigenvalue weighted by atomic mass is 10.1. The van der Waals surface area contributed by atoms with E-state index in [4.69, 9.17) is 18.9 Å². The maximum atomic E-state index is 12.5. The fraction of sp³-hybridized carbons (Fsp3) is 0.231. The number of esters is 1. The van der Waals surface area contributed by atoms with Crippen LogP contribution in [-0.2, 0) is 9.53 Å². The second-order valence-corrected chi connectivity index (χ2v) is 7.44. The molecule has 0 fully saturated rings. The van der Waals surface area contributed by atoms with Crippen molar-refractivity contribution in [3.05, 3.63) is 88.0 Å². The van der Waals surface area contributed by atoms with Gasteiger partial charge in [0.25, 0.3) is 11.6 Å². The van der Waals surface area contributed by atoms with Crippen LogP contribution in [-0.4, -0.2) is 43.2 Å². The van der Waals surface area contributed by atoms with Gasteiger partial charge in [-0.15, -0.1) is 0 Å². The summed E-state index contributed by atoms with van der Waals surface area (Å²) in [5.74, 6) is 0.150. The lowest BCUT2D eigenvalue weighted by molar-refractivity contribution is -0.385. The quantitative estimate of drug-likeness (QED) is 0.168. The predicted octanol–water partition coefficient (Wildman–Crippen LogP) is 4.56. The molecule has 0 spiro atoms. The Hall–Kier alpha value is -4.60. The molecule has 0 saturated carbocycles. The maximum Gasteiger partial charge on any atom is 0.338 e. The van der Waals surface area contributed by atoms with Gasteiger partial charge in [-0.3, -0.25) is 14.9 Å². The van der Waals surface area contributed by atoms with E-state index >= 15 is 0 Å². The molecule has 0 aliphatic rings. The van der Waals surface area contributed by atoms with Crippen molar-refractivity contribution in [3.63, 3.8) is 0 Å². The molecular weight excluding hydrogens is 468 g/mol. The van der Waals surface area contributed by atoms with Crippen molar-refractivity contribution in [2.45, 2.75) is 13.8 Å². The van der Waals surface area contributed by atoms with Crippen LogP contribution in [0.3, 0.4) is 0 Å². The van der Waals surface area contributed by atoms with Crippen LogP contribution in [0.5, 0.6) is 17.2 Å². The molecule has 0 radical (unpaired) electrons. The Morgan fingerprint density at radius 3 is 2.39 bits per heavy atom. The summed E-state index contributed by atoms with van der Waals surface area (Å²) < 4.78 is 22.0. The lowest BCUT2D eigenvalue weighted by Gasteiger charge is -2.14. The number of anilines is 1. The molecule has 1 N–H and O–H groups in total. The van der Waals surface area contributed by atoms with Gasteiger partial charge in [-0.05, 0) is 50.2 Å². The highest BCUT2D eigenvalue weighted by molar-refractivity contribution is 5.96. The van der Waals surface area contributed by atoms with Crippen molar-refractivity contribution in [3.8, 4) is 17.2 Å². The van der Waals surface area contributed by atoms with E-state index in [0.717, 1.165) is 5.75 Å². The molecule has 0 aliphatic heterocycles. The fourth-order valence-electron chi connectivity index (χ4n) is 3.21. The van der Waals surface area contributed by atoms with Crippen LogP contribution in [0.25, 0.3) is 0 Å². The van der Waals surface area contributed by atoms with Gasteiger partial charge in [-0.2, -0.15) is 0 Å². The van der Waals surface area contributed by atoms with Crippen LogP contribution in [0.1, 0.15) is 22.8 Å². The topological polar surface area (TPSA) is 126 Å². The van der Waals surface area contributed by atoms with E-state index in [2.05, 4.69) is 5.32 Å². The molecule has 188 valence electrons. The van der Waals surface area contributed by atoms with Crippen LogP contribution >= 0.6 is 0 Å². The maximum absolute atomic E-state index is 12.5. The van der Waals surface area contributed by atoms with Crippen molar-refractivity contribution in [1.82, 2.24) is 0 Å². The van der Waals surface area contributed by atoms with Crippen LogP contribution < -0.4 is 19.5 Å². The predicted molar refractivity (Wildman–Crippen MR) is 132 cm³/mol. The molecule has 0 unspecified atom stereocenters. The highest BCUT2D eigenvalue weighted by Crippen LogP contribution is 2.29. The first-order chi connectivity index (χ1) is 17.4. The summed E-state index contributed by atoms with van der Waals surface area (Å²) >= 11 is 0. The Balaban J connectivity index is 1.55. The van der Waals surface area contributed by atoms with Gasteiger partial charge in [-0.1, -0.05) is 24.3 Å². The first-order valence-electron chi connectivity index (χ1n) is 11.2. The number of ether oxygens (including phenoxy) is 4. The number of hydrogen-bond donors (Lipinski definition) is 1. The van der Waals surface area contributed by atoms with E-state index in [1.165, 1.54) is 37.3 Å². The summed E-state index contributed by atoms with van der Waals surface area (Å²) in [6, 6.07) is 18.2. The number of carbonyl (C=O) groups excluding carboxylic acids is 2. The van der Waals surface area contributed by atoms with Crippen LogP contribution in [0.4, 0.5) is 11.4 Å². The van der Waals surface area contributed by atoms with Gasteiger partial charge >= 0.3 is 5.97 Å². The van der Waals surface area contributed by atoms with Crippen LogP contribution in [0.2, 0.25) is 0 Å². The minimum Gasteiger partial charge on any atom is -0.490 e. The van der Waals surface area contributed by atoms with Gasteiger partial charge in [0.1, 0.15) is 19.0 Å². The highest BCUT2D eigenvalue weighted by Gasteiger charge is 2.17. The van der Waals surface area contributed by atoms with Gasteiger partial charge in [0, 0.05) is 6.07 Å². The molecule has 0 bridgehead atoms. The summed E-state index contributed by atoms with van der Waals surface area (Å²) in [5, 5.41) is 13.6. The number of nitrogens with one attached hydrogen (secondary N) is 1. The summed E-state index contributed by atoms with van der Waals surface area (Å²) in [7, 11) is 0. The van der Waals surface area contributed by atoms with Gasteiger partial charge < -0.3 is 24.3 Å². The SMILES string of the molecule is CCOc1cc(C(=O)OCC(=O)Nc2cccc([N+](=O)[O-])c2C)ccc1OCCOc1ccccc1. The fourth-order valence-corrected chi connectivity index (χ4v) is 3.21. The molecule has 3 aromatic rings. The zero-order valence-corrected chi connectivity index (χ0v) is 19.9. The number of para-hydroxylation sites is 1. The van der Waals surface area contributed by atoms with Gasteiger partial charge in [-0.25, -0.2) is 4.79 Å². The number of nitrogens with zero attached hydrogens (tertiary/aromatic N) is 1. The van der Waals surface area contributed by atoms with Crippen molar-refractivity contribution < 1.29 is 33.5 Å². The summed E-state index contributed by atoms with van der Waals surface area (Å²) in [6.45, 7) is 3.68. The van der Waals surface area contributed by atoms with Crippen LogP contribution in [0, 0.1) is 17.0 Å². The Morgan fingerprint density at radius 2 is 1.67 bits per heavy atom. The molecule has 0 heterocycles. The summed E-state index contributed by atoms with van der Waals surface area (Å²) in [5.41, 5.74) is 0.614. The minimum absolute atomic E-state index is 0.123. The van der Waals surface area contributed by atoms with E-state index in [-0.39, 0.29) is 23.5 Å². The van der Waals surface area contributed by atoms with Crippen LogP contribution in [0.15, 0.2) is 66.7 Å². The molecule has 0 saturated heterocycles. The van der Waals surface area contributed by atoms with Crippen molar-refractivity contribution in [2.24, 2.45) is 0 Å². The molecule has 3 aromatic carbocycles. The summed E-state index contributed by atoms with van der Waals surface area (Å²) in [4.78, 5) is 35.3. The zero-order valence-electron chi connectivity index (χ0n) is 19.9. The molecule has 36 heavy (non-hydrogen) atoms. The zero-order chi connectivity index (χ0) is 25.9. The second-order valence-electron chi connectivity index (χ2n) is 7.44. The third kappa shape index (κ3) is 7.20. The highest BCUT2D eigenvalue weighted by atomic mass is 16.6. The van der Waals surface area contributed by atoms with Gasteiger partial charge in [0.15, 0.2) is 18.1 Å². The number of benzene rings is 3. The minimum atomic E-state index is -0.735. The van der Waals surface area contributed by atoms with Crippen molar-refractivity contribution in [1.29, 1.82) is 0 Å². The average Bonchev–Trinajstić information content (AvgIpc) is 2.87. The van der Waals surface area contributed by atoms with E-state index < -0.39 is 23.4 Å². The van der Waals surface area contributed by atoms with E-state index in [0.29, 0.717) is 30.3 Å².